The Bertz CT molecular complexity index is 1600. The molecule has 4 amide bonds. The molecule has 12 unspecified atom stereocenters. The normalized spacial score (nSPS) is 34.3. The molecule has 0 radical (unpaired) electrons. The summed E-state index contributed by atoms with van der Waals surface area (Å²) in [5.74, 6) is -1.65. The van der Waals surface area contributed by atoms with Crippen LogP contribution in [0.25, 0.3) is 0 Å². The van der Waals surface area contributed by atoms with Gasteiger partial charge < -0.3 is 79.8 Å². The predicted molar refractivity (Wildman–Crippen MR) is 214 cm³/mol. The van der Waals surface area contributed by atoms with Crippen LogP contribution in [0.4, 0.5) is 0 Å². The fourth-order valence-corrected chi connectivity index (χ4v) is 9.49. The van der Waals surface area contributed by atoms with E-state index in [1.807, 2.05) is 6.92 Å². The van der Waals surface area contributed by atoms with E-state index in [0.29, 0.717) is 25.8 Å². The van der Waals surface area contributed by atoms with Crippen molar-refractivity contribution in [2.24, 2.45) is 5.92 Å². The Labute approximate surface area is 371 Å². The van der Waals surface area contributed by atoms with Crippen LogP contribution in [0.2, 0.25) is 0 Å². The number of amides is 4. The van der Waals surface area contributed by atoms with E-state index in [1.165, 1.54) is 18.7 Å². The fourth-order valence-electron chi connectivity index (χ4n) is 8.24. The summed E-state index contributed by atoms with van der Waals surface area (Å²) in [4.78, 5) is 74.8. The smallest absolute Gasteiger partial charge is 0.488 e. The largest absolute Gasteiger partial charge is 0.566 e. The van der Waals surface area contributed by atoms with E-state index in [0.717, 1.165) is 0 Å². The Morgan fingerprint density at radius 3 is 1.67 bits per heavy atom. The quantitative estimate of drug-likeness (QED) is 0.0337. The number of phosphoric acid groups is 1. The highest BCUT2D eigenvalue weighted by molar-refractivity contribution is 7.47. The van der Waals surface area contributed by atoms with Gasteiger partial charge in [0.2, 0.25) is 23.6 Å². The number of aliphatic hydroxyl groups is 6. The lowest BCUT2D eigenvalue weighted by molar-refractivity contribution is -0.270. The number of unbranched alkanes of at least 4 members (excludes halogenated alkanes) is 2. The number of aliphatic hydroxyl groups excluding tert-OH is 6. The molecule has 0 aromatic rings. The van der Waals surface area contributed by atoms with Crippen LogP contribution in [0.1, 0.15) is 72.1 Å². The molecule has 16 atom stereocenters. The Morgan fingerprint density at radius 2 is 1.22 bits per heavy atom. The molecule has 4 saturated heterocycles. The molecule has 64 heavy (non-hydrogen) atoms. The standard InChI is InChI=1S/C37H64N4O21P2/c1-20-12-23(40(14-20)28(46)8-4-6-10-56-36-30(38-21(2)44)34(50)32(48)26(16-42)60-36)19-59-64(54,55)62-25-13-24(18-58-63(52)53)41(15-25)29(47)9-5-7-11-57-37-31(39-22(3)45)35(51)33(49)27(17-43)61-37/h20,23-27,30-37,42-43,48-51H,4-19H2,1-3H3,(H,38,44)(H,39,45)(H,54,55)/t20-,23+,24+,25-,26?,27?,30?,31?,32?,33?,34?,35?,36?,37?/m1/s1. The summed E-state index contributed by atoms with van der Waals surface area (Å²) < 4.78 is 62.5. The zero-order valence-corrected chi connectivity index (χ0v) is 37.8. The van der Waals surface area contributed by atoms with Crippen molar-refractivity contribution in [3.8, 4) is 0 Å². The Hall–Kier alpha value is -2.39. The summed E-state index contributed by atoms with van der Waals surface area (Å²) in [6.07, 6.45) is -9.96. The van der Waals surface area contributed by atoms with Crippen molar-refractivity contribution in [2.45, 2.75) is 152 Å². The number of carbonyl (C=O) groups excluding carboxylic acids is 4. The molecule has 0 aromatic heterocycles. The van der Waals surface area contributed by atoms with Gasteiger partial charge in [-0.3, -0.25) is 28.2 Å². The molecule has 368 valence electrons. The van der Waals surface area contributed by atoms with Crippen molar-refractivity contribution < 1.29 is 101 Å². The van der Waals surface area contributed by atoms with Gasteiger partial charge >= 0.3 is 16.1 Å². The van der Waals surface area contributed by atoms with Gasteiger partial charge in [0.25, 0.3) is 0 Å². The van der Waals surface area contributed by atoms with Crippen LogP contribution < -0.4 is 15.5 Å². The summed E-state index contributed by atoms with van der Waals surface area (Å²) in [7, 11) is -8.06. The zero-order chi connectivity index (χ0) is 47.3. The maximum absolute atomic E-state index is 13.3. The van der Waals surface area contributed by atoms with Gasteiger partial charge in [-0.05, 0) is 49.0 Å². The molecule has 0 aromatic carbocycles. The molecule has 4 aliphatic heterocycles. The summed E-state index contributed by atoms with van der Waals surface area (Å²) in [5.41, 5.74) is 0. The second-order valence-electron chi connectivity index (χ2n) is 16.5. The van der Waals surface area contributed by atoms with Crippen LogP contribution in [0, 0.1) is 5.92 Å². The van der Waals surface area contributed by atoms with Crippen LogP contribution in [-0.2, 0) is 60.8 Å². The Kier molecular flexibility index (Phi) is 21.7. The lowest BCUT2D eigenvalue weighted by Crippen LogP contribution is -2.64. The van der Waals surface area contributed by atoms with Gasteiger partial charge in [0.15, 0.2) is 12.6 Å². The predicted octanol–water partition coefficient (Wildman–Crippen LogP) is -3.38. The molecule has 4 fully saturated rings. The number of ether oxygens (including phenoxy) is 4. The number of hydrogen-bond donors (Lipinski definition) is 9. The van der Waals surface area contributed by atoms with Crippen LogP contribution in [0.3, 0.4) is 0 Å². The minimum Gasteiger partial charge on any atom is -0.566 e. The number of nitrogens with zero attached hydrogens (tertiary/aromatic N) is 2. The fraction of sp³-hybridized carbons (Fsp3) is 0.892. The maximum Gasteiger partial charge on any atom is 0.488 e. The average Bonchev–Trinajstić information content (AvgIpc) is 3.82. The highest BCUT2D eigenvalue weighted by atomic mass is 31.2. The van der Waals surface area contributed by atoms with Crippen LogP contribution in [0.15, 0.2) is 0 Å². The van der Waals surface area contributed by atoms with Crippen molar-refractivity contribution in [3.63, 3.8) is 0 Å². The summed E-state index contributed by atoms with van der Waals surface area (Å²) in [5, 5.41) is 65.2. The monoisotopic (exact) mass is 962 g/mol. The molecule has 25 nitrogen and oxygen atoms in total. The highest BCUT2D eigenvalue weighted by Crippen LogP contribution is 2.47. The van der Waals surface area contributed by atoms with Gasteiger partial charge in [-0.25, -0.2) is 4.57 Å². The van der Waals surface area contributed by atoms with Crippen LogP contribution in [-0.4, -0.2) is 201 Å². The van der Waals surface area contributed by atoms with E-state index in [2.05, 4.69) is 10.6 Å². The third-order valence-electron chi connectivity index (χ3n) is 11.4. The molecule has 0 saturated carbocycles. The summed E-state index contributed by atoms with van der Waals surface area (Å²) in [6.45, 7) is 2.57. The van der Waals surface area contributed by atoms with Gasteiger partial charge in [0.05, 0.1) is 38.0 Å². The SMILES string of the molecule is CC(=O)NC1C(OCCCCC(=O)N2C[C@H](C)C[C@H]2COP(=O)(O)O[C@@H]2C[C@@H](CO[P+](=O)[O-])N(C(=O)CCCCOC3OC(CO)C(O)C(O)C3NC(C)=O)C2)OC(CO)C(O)C1O. The van der Waals surface area contributed by atoms with Crippen molar-refractivity contribution >= 4 is 39.7 Å². The minimum absolute atomic E-state index is 0.0159. The van der Waals surface area contributed by atoms with Crippen LogP contribution >= 0.6 is 16.1 Å². The van der Waals surface area contributed by atoms with Gasteiger partial charge in [0.1, 0.15) is 55.3 Å². The number of phosphoric ester groups is 1. The van der Waals surface area contributed by atoms with E-state index in [1.54, 1.807) is 4.90 Å². The number of carbonyl (C=O) groups is 4. The molecular weight excluding hydrogens is 898 g/mol. The van der Waals surface area contributed by atoms with Gasteiger partial charge in [-0.2, -0.15) is 0 Å². The van der Waals surface area contributed by atoms with Crippen molar-refractivity contribution in [1.29, 1.82) is 0 Å². The third-order valence-corrected chi connectivity index (χ3v) is 12.8. The van der Waals surface area contributed by atoms with Gasteiger partial charge in [-0.1, -0.05) is 6.92 Å². The maximum atomic E-state index is 13.3. The number of nitrogens with one attached hydrogen (secondary N) is 2. The second kappa shape index (κ2) is 25.7. The first-order valence-electron chi connectivity index (χ1n) is 21.3. The summed E-state index contributed by atoms with van der Waals surface area (Å²) in [6, 6.07) is -3.64. The molecule has 4 rings (SSSR count). The first-order chi connectivity index (χ1) is 30.2. The van der Waals surface area contributed by atoms with Crippen molar-refractivity contribution in [3.05, 3.63) is 0 Å². The lowest BCUT2D eigenvalue weighted by Gasteiger charge is -2.42. The summed E-state index contributed by atoms with van der Waals surface area (Å²) >= 11 is 0. The topological polar surface area (TPSA) is 362 Å². The van der Waals surface area contributed by atoms with Crippen molar-refractivity contribution in [1.82, 2.24) is 20.4 Å². The number of rotatable bonds is 24. The van der Waals surface area contributed by atoms with E-state index in [4.69, 9.17) is 32.5 Å². The zero-order valence-electron chi connectivity index (χ0n) is 36.0. The van der Waals surface area contributed by atoms with Gasteiger partial charge in [0, 0.05) is 53.0 Å². The van der Waals surface area contributed by atoms with Crippen molar-refractivity contribution in [2.75, 3.05) is 52.7 Å². The molecule has 0 aliphatic carbocycles. The minimum atomic E-state index is -4.78. The first kappa shape index (κ1) is 54.2. The van der Waals surface area contributed by atoms with E-state index in [-0.39, 0.29) is 70.3 Å². The molecular formula is C37H64N4O21P2. The molecule has 0 spiro atoms. The number of hydrogen-bond acceptors (Lipinski definition) is 20. The van der Waals surface area contributed by atoms with E-state index >= 15 is 0 Å². The van der Waals surface area contributed by atoms with E-state index in [9.17, 15) is 68.7 Å². The molecule has 4 heterocycles. The highest BCUT2D eigenvalue weighted by Gasteiger charge is 2.47. The molecule has 4 aliphatic rings. The second-order valence-corrected chi connectivity index (χ2v) is 18.6. The molecule has 0 bridgehead atoms. The molecule has 27 heteroatoms. The van der Waals surface area contributed by atoms with Gasteiger partial charge in [-0.15, -0.1) is 4.52 Å². The van der Waals surface area contributed by atoms with E-state index < -0.39 is 133 Å². The third kappa shape index (κ3) is 15.9. The first-order valence-corrected chi connectivity index (χ1v) is 23.9. The lowest BCUT2D eigenvalue weighted by atomic mass is 9.97. The Morgan fingerprint density at radius 1 is 0.750 bits per heavy atom. The molecule has 9 N–H and O–H groups in total. The number of likely N-dealkylation sites (tertiary alicyclic amines) is 2. The van der Waals surface area contributed by atoms with Crippen LogP contribution in [0.5, 0.6) is 0 Å². The average molecular weight is 963 g/mol. The Balaban J connectivity index is 1.22.